The summed E-state index contributed by atoms with van der Waals surface area (Å²) < 4.78 is 27.9. The molecule has 116 valence electrons. The minimum Gasteiger partial charge on any atom is -0.478 e. The van der Waals surface area contributed by atoms with Crippen LogP contribution in [0.25, 0.3) is 0 Å². The Bertz CT molecular complexity index is 648. The number of sulfonamides is 1. The van der Waals surface area contributed by atoms with Gasteiger partial charge in [-0.3, -0.25) is 0 Å². The van der Waals surface area contributed by atoms with Crippen LogP contribution >= 0.6 is 15.9 Å². The molecule has 1 saturated heterocycles. The van der Waals surface area contributed by atoms with Gasteiger partial charge >= 0.3 is 5.97 Å². The topological polar surface area (TPSA) is 86.7 Å². The second-order valence-electron chi connectivity index (χ2n) is 5.17. The Hall–Kier alpha value is -0.960. The van der Waals surface area contributed by atoms with E-state index in [1.165, 1.54) is 18.2 Å². The normalized spacial score (nSPS) is 20.4. The highest BCUT2D eigenvalue weighted by molar-refractivity contribution is 9.10. The summed E-state index contributed by atoms with van der Waals surface area (Å²) in [5.41, 5.74) is -0.0562. The summed E-state index contributed by atoms with van der Waals surface area (Å²) in [5.74, 6) is -1.16. The van der Waals surface area contributed by atoms with Crippen LogP contribution in [0.3, 0.4) is 0 Å². The number of hydrogen-bond acceptors (Lipinski definition) is 4. The van der Waals surface area contributed by atoms with Crippen LogP contribution < -0.4 is 4.72 Å². The minimum atomic E-state index is -3.76. The summed E-state index contributed by atoms with van der Waals surface area (Å²) in [4.78, 5) is 13.0. The smallest absolute Gasteiger partial charge is 0.335 e. The lowest BCUT2D eigenvalue weighted by Crippen LogP contribution is -2.46. The molecule has 1 aliphatic heterocycles. The number of likely N-dealkylation sites (tertiary alicyclic amines) is 1. The fourth-order valence-electron chi connectivity index (χ4n) is 2.39. The molecule has 0 saturated carbocycles. The Kier molecular flexibility index (Phi) is 5.03. The molecule has 0 spiro atoms. The number of likely N-dealkylation sites (N-methyl/N-ethyl adjacent to an activating group) is 1. The Morgan fingerprint density at radius 2 is 2.19 bits per heavy atom. The number of benzene rings is 1. The summed E-state index contributed by atoms with van der Waals surface area (Å²) in [6.07, 6.45) is 1.71. The van der Waals surface area contributed by atoms with E-state index in [-0.39, 0.29) is 16.5 Å². The second-order valence-corrected chi connectivity index (χ2v) is 7.71. The molecule has 1 aliphatic rings. The zero-order valence-electron chi connectivity index (χ0n) is 11.5. The van der Waals surface area contributed by atoms with E-state index < -0.39 is 16.0 Å². The van der Waals surface area contributed by atoms with Gasteiger partial charge in [0.15, 0.2) is 0 Å². The fourth-order valence-corrected chi connectivity index (χ4v) is 4.64. The van der Waals surface area contributed by atoms with E-state index in [0.717, 1.165) is 19.4 Å². The third-order valence-electron chi connectivity index (χ3n) is 3.41. The van der Waals surface area contributed by atoms with Gasteiger partial charge in [0.2, 0.25) is 10.0 Å². The average Bonchev–Trinajstić information content (AvgIpc) is 2.38. The van der Waals surface area contributed by atoms with Gasteiger partial charge in [0.1, 0.15) is 0 Å². The van der Waals surface area contributed by atoms with Gasteiger partial charge in [-0.25, -0.2) is 17.9 Å². The summed E-state index contributed by atoms with van der Waals surface area (Å²) in [6.45, 7) is 1.60. The zero-order chi connectivity index (χ0) is 15.6. The molecule has 6 nitrogen and oxygen atoms in total. The van der Waals surface area contributed by atoms with Crippen LogP contribution in [0.15, 0.2) is 27.6 Å². The highest BCUT2D eigenvalue weighted by Gasteiger charge is 2.26. The summed E-state index contributed by atoms with van der Waals surface area (Å²) in [5, 5.41) is 8.98. The van der Waals surface area contributed by atoms with Gasteiger partial charge in [-0.15, -0.1) is 0 Å². The largest absolute Gasteiger partial charge is 0.478 e. The number of nitrogens with one attached hydrogen (secondary N) is 1. The lowest BCUT2D eigenvalue weighted by Gasteiger charge is -2.30. The molecule has 0 amide bonds. The number of rotatable bonds is 4. The van der Waals surface area contributed by atoms with Gasteiger partial charge in [-0.1, -0.05) is 0 Å². The quantitative estimate of drug-likeness (QED) is 0.831. The van der Waals surface area contributed by atoms with Crippen LogP contribution in [-0.4, -0.2) is 50.6 Å². The molecule has 1 aromatic carbocycles. The van der Waals surface area contributed by atoms with Gasteiger partial charge in [0.25, 0.3) is 0 Å². The average molecular weight is 377 g/mol. The monoisotopic (exact) mass is 376 g/mol. The lowest BCUT2D eigenvalue weighted by atomic mass is 10.1. The number of halogens is 1. The number of nitrogens with zero attached hydrogens (tertiary/aromatic N) is 1. The first-order valence-corrected chi connectivity index (χ1v) is 8.81. The van der Waals surface area contributed by atoms with E-state index in [1.807, 2.05) is 7.05 Å². The third-order valence-corrected chi connectivity index (χ3v) is 5.93. The highest BCUT2D eigenvalue weighted by atomic mass is 79.9. The fraction of sp³-hybridized carbons (Fsp3) is 0.462. The first-order valence-electron chi connectivity index (χ1n) is 6.53. The zero-order valence-corrected chi connectivity index (χ0v) is 13.9. The molecule has 0 aromatic heterocycles. The number of hydrogen-bond donors (Lipinski definition) is 2. The van der Waals surface area contributed by atoms with Crippen LogP contribution in [0.2, 0.25) is 0 Å². The Morgan fingerprint density at radius 1 is 1.48 bits per heavy atom. The van der Waals surface area contributed by atoms with E-state index >= 15 is 0 Å². The molecule has 2 rings (SSSR count). The SMILES string of the molecule is CN1CCCC(NS(=O)(=O)c2cc(C(=O)O)ccc2Br)C1. The molecule has 0 aliphatic carbocycles. The van der Waals surface area contributed by atoms with E-state index in [1.54, 1.807) is 0 Å². The molecule has 1 atom stereocenters. The standard InChI is InChI=1S/C13H17BrN2O4S/c1-16-6-2-3-10(8-16)15-21(19,20)12-7-9(13(17)18)4-5-11(12)14/h4-5,7,10,15H,2-3,6,8H2,1H3,(H,17,18). The molecule has 0 radical (unpaired) electrons. The Balaban J connectivity index is 2.26. The van der Waals surface area contributed by atoms with Gasteiger partial charge in [0.05, 0.1) is 10.5 Å². The van der Waals surface area contributed by atoms with Gasteiger partial charge in [-0.2, -0.15) is 0 Å². The van der Waals surface area contributed by atoms with Crippen molar-refractivity contribution in [2.24, 2.45) is 0 Å². The molecule has 1 aromatic rings. The molecule has 8 heteroatoms. The van der Waals surface area contributed by atoms with E-state index in [9.17, 15) is 13.2 Å². The first-order chi connectivity index (χ1) is 9.79. The van der Waals surface area contributed by atoms with Crippen molar-refractivity contribution < 1.29 is 18.3 Å². The number of aromatic carboxylic acids is 1. The van der Waals surface area contributed by atoms with Crippen molar-refractivity contribution in [3.05, 3.63) is 28.2 Å². The molecule has 1 fully saturated rings. The van der Waals surface area contributed by atoms with Gasteiger partial charge in [-0.05, 0) is 60.6 Å². The second kappa shape index (κ2) is 6.43. The molecule has 1 heterocycles. The van der Waals surface area contributed by atoms with Crippen molar-refractivity contribution in [2.75, 3.05) is 20.1 Å². The van der Waals surface area contributed by atoms with E-state index in [2.05, 4.69) is 25.6 Å². The highest BCUT2D eigenvalue weighted by Crippen LogP contribution is 2.24. The van der Waals surface area contributed by atoms with Crippen LogP contribution in [0.1, 0.15) is 23.2 Å². The number of carboxylic acids is 1. The molecular weight excluding hydrogens is 360 g/mol. The predicted octanol–water partition coefficient (Wildman–Crippen LogP) is 1.52. The number of piperidine rings is 1. The number of carboxylic acid groups (broad SMARTS) is 1. The molecule has 21 heavy (non-hydrogen) atoms. The Morgan fingerprint density at radius 3 is 2.81 bits per heavy atom. The predicted molar refractivity (Wildman–Crippen MR) is 81.9 cm³/mol. The first kappa shape index (κ1) is 16.4. The lowest BCUT2D eigenvalue weighted by molar-refractivity contribution is 0.0696. The van der Waals surface area contributed by atoms with Crippen molar-refractivity contribution in [1.29, 1.82) is 0 Å². The van der Waals surface area contributed by atoms with Crippen molar-refractivity contribution in [2.45, 2.75) is 23.8 Å². The van der Waals surface area contributed by atoms with Crippen LogP contribution in [0.5, 0.6) is 0 Å². The van der Waals surface area contributed by atoms with Crippen molar-refractivity contribution in [3.63, 3.8) is 0 Å². The van der Waals surface area contributed by atoms with Crippen molar-refractivity contribution >= 4 is 31.9 Å². The summed E-state index contributed by atoms with van der Waals surface area (Å²) >= 11 is 3.17. The van der Waals surface area contributed by atoms with E-state index in [4.69, 9.17) is 5.11 Å². The third kappa shape index (κ3) is 4.03. The Labute approximate surface area is 132 Å². The summed E-state index contributed by atoms with van der Waals surface area (Å²) in [6, 6.07) is 3.81. The molecule has 2 N–H and O–H groups in total. The van der Waals surface area contributed by atoms with Gasteiger partial charge in [0, 0.05) is 17.1 Å². The minimum absolute atomic E-state index is 0.0457. The summed E-state index contributed by atoms with van der Waals surface area (Å²) in [7, 11) is -1.81. The molecule has 0 bridgehead atoms. The van der Waals surface area contributed by atoms with E-state index in [0.29, 0.717) is 11.0 Å². The molecular formula is C13H17BrN2O4S. The van der Waals surface area contributed by atoms with Crippen LogP contribution in [-0.2, 0) is 10.0 Å². The maximum Gasteiger partial charge on any atom is 0.335 e. The van der Waals surface area contributed by atoms with Crippen LogP contribution in [0, 0.1) is 0 Å². The maximum atomic E-state index is 12.5. The van der Waals surface area contributed by atoms with Gasteiger partial charge < -0.3 is 10.0 Å². The number of carbonyl (C=O) groups is 1. The molecule has 1 unspecified atom stereocenters. The van der Waals surface area contributed by atoms with Crippen molar-refractivity contribution in [1.82, 2.24) is 9.62 Å². The maximum absolute atomic E-state index is 12.5. The van der Waals surface area contributed by atoms with Crippen LogP contribution in [0.4, 0.5) is 0 Å². The van der Waals surface area contributed by atoms with Crippen molar-refractivity contribution in [3.8, 4) is 0 Å².